The Morgan fingerprint density at radius 3 is 2.67 bits per heavy atom. The number of hydrazone groups is 1. The first-order valence-corrected chi connectivity index (χ1v) is 9.28. The van der Waals surface area contributed by atoms with E-state index in [1.165, 1.54) is 0 Å². The smallest absolute Gasteiger partial charge is 0.244 e. The molecule has 4 nitrogen and oxygen atoms in total. The number of nitrogens with zero attached hydrogens (tertiary/aromatic N) is 1. The van der Waals surface area contributed by atoms with Gasteiger partial charge in [-0.25, -0.2) is 5.43 Å². The highest BCUT2D eigenvalue weighted by molar-refractivity contribution is 9.10. The van der Waals surface area contributed by atoms with Gasteiger partial charge in [-0.15, -0.1) is 0 Å². The second-order valence-electron chi connectivity index (χ2n) is 5.89. The third-order valence-corrected chi connectivity index (χ3v) is 4.48. The molecule has 0 aromatic heterocycles. The highest BCUT2D eigenvalue weighted by Crippen LogP contribution is 2.26. The van der Waals surface area contributed by atoms with E-state index in [0.29, 0.717) is 12.4 Å². The molecular weight excluding hydrogens is 404 g/mol. The molecule has 1 amide bonds. The maximum atomic E-state index is 12.1. The van der Waals surface area contributed by atoms with E-state index in [2.05, 4.69) is 33.0 Å². The largest absolute Gasteiger partial charge is 0.489 e. The molecule has 0 unspecified atom stereocenters. The molecule has 0 heterocycles. The number of carbonyl (C=O) groups is 1. The number of rotatable bonds is 7. The summed E-state index contributed by atoms with van der Waals surface area (Å²) in [5.74, 6) is 0.516. The molecule has 136 valence electrons. The fraction of sp³-hybridized carbons (Fsp3) is 0.0909. The quantitative estimate of drug-likeness (QED) is 0.335. The summed E-state index contributed by atoms with van der Waals surface area (Å²) >= 11 is 3.38. The van der Waals surface area contributed by atoms with E-state index in [0.717, 1.165) is 26.4 Å². The lowest BCUT2D eigenvalue weighted by Crippen LogP contribution is -2.19. The number of nitrogens with one attached hydrogen (secondary N) is 1. The highest BCUT2D eigenvalue weighted by Gasteiger charge is 2.07. The van der Waals surface area contributed by atoms with Crippen LogP contribution in [0.4, 0.5) is 0 Å². The zero-order valence-electron chi connectivity index (χ0n) is 14.7. The van der Waals surface area contributed by atoms with E-state index in [-0.39, 0.29) is 12.3 Å². The molecule has 0 bridgehead atoms. The van der Waals surface area contributed by atoms with Crippen molar-refractivity contribution in [2.45, 2.75) is 6.42 Å². The Labute approximate surface area is 166 Å². The molecule has 3 aromatic rings. The Balaban J connectivity index is 1.76. The summed E-state index contributed by atoms with van der Waals surface area (Å²) in [5.41, 5.74) is 4.33. The van der Waals surface area contributed by atoms with E-state index in [1.807, 2.05) is 60.7 Å². The summed E-state index contributed by atoms with van der Waals surface area (Å²) < 4.78 is 6.71. The monoisotopic (exact) mass is 422 g/mol. The molecule has 0 saturated heterocycles. The molecule has 0 aliphatic rings. The van der Waals surface area contributed by atoms with Crippen LogP contribution in [-0.2, 0) is 11.2 Å². The number of carbonyl (C=O) groups excluding carboxylic acids is 1. The van der Waals surface area contributed by atoms with Crippen molar-refractivity contribution in [1.29, 1.82) is 0 Å². The van der Waals surface area contributed by atoms with E-state index in [1.54, 1.807) is 12.3 Å². The second-order valence-corrected chi connectivity index (χ2v) is 6.81. The Bertz CT molecular complexity index is 981. The van der Waals surface area contributed by atoms with Gasteiger partial charge in [0, 0.05) is 10.0 Å². The molecule has 0 atom stereocenters. The van der Waals surface area contributed by atoms with Gasteiger partial charge in [0.2, 0.25) is 5.91 Å². The van der Waals surface area contributed by atoms with E-state index in [4.69, 9.17) is 4.74 Å². The first-order valence-electron chi connectivity index (χ1n) is 8.49. The number of halogens is 1. The van der Waals surface area contributed by atoms with Gasteiger partial charge in [0.05, 0.1) is 12.6 Å². The molecule has 0 radical (unpaired) electrons. The van der Waals surface area contributed by atoms with Gasteiger partial charge in [0.1, 0.15) is 12.4 Å². The minimum absolute atomic E-state index is 0.178. The van der Waals surface area contributed by atoms with Gasteiger partial charge in [0.25, 0.3) is 0 Å². The number of amides is 1. The lowest BCUT2D eigenvalue weighted by Gasteiger charge is -2.10. The minimum Gasteiger partial charge on any atom is -0.489 e. The molecule has 0 aliphatic carbocycles. The average Bonchev–Trinajstić information content (AvgIpc) is 2.69. The minimum atomic E-state index is -0.178. The zero-order valence-corrected chi connectivity index (χ0v) is 16.3. The van der Waals surface area contributed by atoms with Crippen molar-refractivity contribution >= 4 is 38.8 Å². The third-order valence-electron chi connectivity index (χ3n) is 3.95. The molecule has 0 saturated carbocycles. The number of fused-ring (bicyclic) bond motifs is 1. The van der Waals surface area contributed by atoms with Gasteiger partial charge < -0.3 is 4.74 Å². The number of benzene rings is 3. The van der Waals surface area contributed by atoms with Gasteiger partial charge >= 0.3 is 0 Å². The summed E-state index contributed by atoms with van der Waals surface area (Å²) in [5, 5.41) is 6.21. The predicted molar refractivity (Wildman–Crippen MR) is 113 cm³/mol. The van der Waals surface area contributed by atoms with Crippen LogP contribution in [-0.4, -0.2) is 18.7 Å². The van der Waals surface area contributed by atoms with Crippen LogP contribution < -0.4 is 10.2 Å². The molecule has 3 aromatic carbocycles. The first kappa shape index (κ1) is 18.9. The van der Waals surface area contributed by atoms with Gasteiger partial charge in [-0.2, -0.15) is 5.10 Å². The highest BCUT2D eigenvalue weighted by atomic mass is 79.9. The number of hydrogen-bond acceptors (Lipinski definition) is 3. The van der Waals surface area contributed by atoms with E-state index < -0.39 is 0 Å². The fourth-order valence-electron chi connectivity index (χ4n) is 2.68. The average molecular weight is 423 g/mol. The molecular formula is C22H19BrN2O2. The predicted octanol–water partition coefficient (Wildman–Crippen LogP) is 4.86. The molecule has 3 rings (SSSR count). The van der Waals surface area contributed by atoms with Gasteiger partial charge in [0.15, 0.2) is 0 Å². The van der Waals surface area contributed by atoms with Crippen molar-refractivity contribution in [3.05, 3.63) is 88.9 Å². The summed E-state index contributed by atoms with van der Waals surface area (Å²) in [4.78, 5) is 12.1. The normalized spacial score (nSPS) is 10.9. The van der Waals surface area contributed by atoms with E-state index >= 15 is 0 Å². The summed E-state index contributed by atoms with van der Waals surface area (Å²) in [6, 6.07) is 19.5. The van der Waals surface area contributed by atoms with Crippen LogP contribution in [0.15, 0.2) is 82.9 Å². The summed E-state index contributed by atoms with van der Waals surface area (Å²) in [7, 11) is 0. The number of hydrogen-bond donors (Lipinski definition) is 1. The third kappa shape index (κ3) is 5.05. The maximum Gasteiger partial charge on any atom is 0.244 e. The van der Waals surface area contributed by atoms with Crippen LogP contribution in [0.1, 0.15) is 11.1 Å². The lowest BCUT2D eigenvalue weighted by atomic mass is 10.0. The molecule has 27 heavy (non-hydrogen) atoms. The SMILES string of the molecule is C=CCOc1ccc2ccccc2c1/C=N\NC(=O)Cc1ccc(Br)cc1. The van der Waals surface area contributed by atoms with Crippen molar-refractivity contribution in [3.63, 3.8) is 0 Å². The van der Waals surface area contributed by atoms with Gasteiger partial charge in [-0.05, 0) is 34.5 Å². The van der Waals surface area contributed by atoms with Crippen molar-refractivity contribution in [2.75, 3.05) is 6.61 Å². The van der Waals surface area contributed by atoms with Gasteiger partial charge in [-0.1, -0.05) is 71.0 Å². The number of ether oxygens (including phenoxy) is 1. The Morgan fingerprint density at radius 2 is 1.89 bits per heavy atom. The Hall–Kier alpha value is -2.92. The van der Waals surface area contributed by atoms with Crippen LogP contribution in [0.25, 0.3) is 10.8 Å². The summed E-state index contributed by atoms with van der Waals surface area (Å²) in [6.07, 6.45) is 3.58. The van der Waals surface area contributed by atoms with Crippen molar-refractivity contribution < 1.29 is 9.53 Å². The molecule has 5 heteroatoms. The first-order chi connectivity index (χ1) is 13.2. The molecule has 0 aliphatic heterocycles. The van der Waals surface area contributed by atoms with Crippen molar-refractivity contribution in [2.24, 2.45) is 5.10 Å². The Morgan fingerprint density at radius 1 is 1.11 bits per heavy atom. The molecule has 0 spiro atoms. The Kier molecular flexibility index (Phi) is 6.39. The fourth-order valence-corrected chi connectivity index (χ4v) is 2.94. The van der Waals surface area contributed by atoms with Crippen LogP contribution in [0.2, 0.25) is 0 Å². The topological polar surface area (TPSA) is 50.7 Å². The van der Waals surface area contributed by atoms with Crippen LogP contribution in [0.5, 0.6) is 5.75 Å². The van der Waals surface area contributed by atoms with Crippen molar-refractivity contribution in [1.82, 2.24) is 5.43 Å². The van der Waals surface area contributed by atoms with E-state index in [9.17, 15) is 4.79 Å². The summed E-state index contributed by atoms with van der Waals surface area (Å²) in [6.45, 7) is 4.08. The zero-order chi connectivity index (χ0) is 19.1. The van der Waals surface area contributed by atoms with Crippen molar-refractivity contribution in [3.8, 4) is 5.75 Å². The second kappa shape index (κ2) is 9.14. The lowest BCUT2D eigenvalue weighted by molar-refractivity contribution is -0.120. The maximum absolute atomic E-state index is 12.1. The van der Waals surface area contributed by atoms with Crippen LogP contribution in [0, 0.1) is 0 Å². The molecule has 1 N–H and O–H groups in total. The van der Waals surface area contributed by atoms with Crippen LogP contribution in [0.3, 0.4) is 0 Å². The molecule has 0 fully saturated rings. The van der Waals surface area contributed by atoms with Gasteiger partial charge in [-0.3, -0.25) is 4.79 Å². The standard InChI is InChI=1S/C22H19BrN2O2/c1-2-13-27-21-12-9-17-5-3-4-6-19(17)20(21)15-24-25-22(26)14-16-7-10-18(23)11-8-16/h2-12,15H,1,13-14H2,(H,25,26)/b24-15-. The van der Waals surface area contributed by atoms with Crippen LogP contribution >= 0.6 is 15.9 Å².